The second-order valence-electron chi connectivity index (χ2n) is 7.86. The van der Waals surface area contributed by atoms with Crippen LogP contribution in [-0.4, -0.2) is 30.5 Å². The number of benzene rings is 4. The minimum Gasteiger partial charge on any atom is -0.484 e. The van der Waals surface area contributed by atoms with Crippen molar-refractivity contribution in [2.24, 2.45) is 5.10 Å². The summed E-state index contributed by atoms with van der Waals surface area (Å²) in [6.45, 7) is -0.143. The molecule has 9 nitrogen and oxygen atoms in total. The minimum absolute atomic E-state index is 0.143. The first-order valence-corrected chi connectivity index (χ1v) is 11.6. The zero-order valence-electron chi connectivity index (χ0n) is 20.2. The number of hydrazone groups is 1. The summed E-state index contributed by atoms with van der Waals surface area (Å²) in [7, 11) is 0. The Balaban J connectivity index is 1.19. The second kappa shape index (κ2) is 13.0. The molecular weight excluding hydrogens is 484 g/mol. The SMILES string of the molecule is O=C(COc1ccc(/C=N\NC(=O)C(=O)Nc2ccc(Oc3ccccc3)cc2)cc1)Nc1ccccc1. The summed E-state index contributed by atoms with van der Waals surface area (Å²) in [4.78, 5) is 36.2. The lowest BCUT2D eigenvalue weighted by Crippen LogP contribution is -2.32. The predicted octanol–water partition coefficient (Wildman–Crippen LogP) is 4.59. The molecule has 0 aliphatic heterocycles. The average Bonchev–Trinajstić information content (AvgIpc) is 2.95. The summed E-state index contributed by atoms with van der Waals surface area (Å²) in [5.74, 6) is -0.287. The van der Waals surface area contributed by atoms with Gasteiger partial charge in [-0.2, -0.15) is 5.10 Å². The second-order valence-corrected chi connectivity index (χ2v) is 7.86. The molecule has 0 atom stereocenters. The Hall–Kier alpha value is -5.44. The third kappa shape index (κ3) is 8.06. The number of nitrogens with zero attached hydrogens (tertiary/aromatic N) is 1. The van der Waals surface area contributed by atoms with Crippen molar-refractivity contribution in [2.45, 2.75) is 0 Å². The van der Waals surface area contributed by atoms with E-state index in [9.17, 15) is 14.4 Å². The molecule has 190 valence electrons. The molecule has 4 aromatic carbocycles. The Kier molecular flexibility index (Phi) is 8.79. The Morgan fingerprint density at radius 2 is 1.21 bits per heavy atom. The third-order valence-electron chi connectivity index (χ3n) is 4.98. The number of carbonyl (C=O) groups excluding carboxylic acids is 3. The molecule has 0 aromatic heterocycles. The Morgan fingerprint density at radius 1 is 0.632 bits per heavy atom. The summed E-state index contributed by atoms with van der Waals surface area (Å²) >= 11 is 0. The van der Waals surface area contributed by atoms with E-state index in [-0.39, 0.29) is 12.5 Å². The first-order chi connectivity index (χ1) is 18.5. The molecule has 0 radical (unpaired) electrons. The van der Waals surface area contributed by atoms with Crippen LogP contribution in [-0.2, 0) is 14.4 Å². The summed E-state index contributed by atoms with van der Waals surface area (Å²) < 4.78 is 11.2. The van der Waals surface area contributed by atoms with Crippen molar-refractivity contribution in [3.63, 3.8) is 0 Å². The van der Waals surface area contributed by atoms with Crippen molar-refractivity contribution < 1.29 is 23.9 Å². The number of hydrogen-bond donors (Lipinski definition) is 3. The van der Waals surface area contributed by atoms with Crippen LogP contribution >= 0.6 is 0 Å². The van der Waals surface area contributed by atoms with Crippen molar-refractivity contribution >= 4 is 35.3 Å². The number of para-hydroxylation sites is 2. The zero-order chi connectivity index (χ0) is 26.6. The van der Waals surface area contributed by atoms with Gasteiger partial charge in [-0.15, -0.1) is 0 Å². The van der Waals surface area contributed by atoms with Crippen LogP contribution in [0.25, 0.3) is 0 Å². The maximum Gasteiger partial charge on any atom is 0.329 e. The van der Waals surface area contributed by atoms with E-state index >= 15 is 0 Å². The molecule has 0 aliphatic carbocycles. The van der Waals surface area contributed by atoms with E-state index in [1.54, 1.807) is 60.7 Å². The van der Waals surface area contributed by atoms with Gasteiger partial charge in [0.15, 0.2) is 6.61 Å². The fourth-order valence-corrected chi connectivity index (χ4v) is 3.15. The summed E-state index contributed by atoms with van der Waals surface area (Å²) in [5, 5.41) is 9.04. The van der Waals surface area contributed by atoms with Crippen molar-refractivity contribution in [2.75, 3.05) is 17.2 Å². The fraction of sp³-hybridized carbons (Fsp3) is 0.0345. The van der Waals surface area contributed by atoms with E-state index in [4.69, 9.17) is 9.47 Å². The monoisotopic (exact) mass is 508 g/mol. The van der Waals surface area contributed by atoms with E-state index in [1.807, 2.05) is 48.5 Å². The highest BCUT2D eigenvalue weighted by Crippen LogP contribution is 2.22. The lowest BCUT2D eigenvalue weighted by atomic mass is 10.2. The van der Waals surface area contributed by atoms with Crippen LogP contribution in [0.3, 0.4) is 0 Å². The van der Waals surface area contributed by atoms with E-state index in [2.05, 4.69) is 21.2 Å². The molecule has 4 aromatic rings. The molecule has 4 rings (SSSR count). The molecule has 9 heteroatoms. The molecule has 0 bridgehead atoms. The number of carbonyl (C=O) groups is 3. The average molecular weight is 509 g/mol. The quantitative estimate of drug-likeness (QED) is 0.174. The number of rotatable bonds is 9. The van der Waals surface area contributed by atoms with Crippen LogP contribution in [0, 0.1) is 0 Å². The van der Waals surface area contributed by atoms with Crippen molar-refractivity contribution in [1.29, 1.82) is 0 Å². The Labute approximate surface area is 219 Å². The van der Waals surface area contributed by atoms with Crippen LogP contribution in [0.4, 0.5) is 11.4 Å². The molecule has 38 heavy (non-hydrogen) atoms. The molecule has 0 saturated heterocycles. The highest BCUT2D eigenvalue weighted by atomic mass is 16.5. The first-order valence-electron chi connectivity index (χ1n) is 11.6. The number of anilines is 2. The lowest BCUT2D eigenvalue weighted by molar-refractivity contribution is -0.136. The summed E-state index contributed by atoms with van der Waals surface area (Å²) in [5.41, 5.74) is 3.96. The van der Waals surface area contributed by atoms with Crippen molar-refractivity contribution in [3.05, 3.63) is 115 Å². The highest BCUT2D eigenvalue weighted by Gasteiger charge is 2.13. The zero-order valence-corrected chi connectivity index (χ0v) is 20.2. The Morgan fingerprint density at radius 3 is 1.89 bits per heavy atom. The number of nitrogens with one attached hydrogen (secondary N) is 3. The molecule has 0 aliphatic rings. The minimum atomic E-state index is -0.921. The van der Waals surface area contributed by atoms with Gasteiger partial charge in [-0.1, -0.05) is 36.4 Å². The Bertz CT molecular complexity index is 1390. The van der Waals surface area contributed by atoms with E-state index < -0.39 is 11.8 Å². The van der Waals surface area contributed by atoms with Gasteiger partial charge in [-0.05, 0) is 78.4 Å². The normalized spacial score (nSPS) is 10.4. The van der Waals surface area contributed by atoms with Gasteiger partial charge in [0.05, 0.1) is 6.21 Å². The molecule has 3 N–H and O–H groups in total. The van der Waals surface area contributed by atoms with Crippen LogP contribution in [0.2, 0.25) is 0 Å². The number of hydrogen-bond acceptors (Lipinski definition) is 6. The fourth-order valence-electron chi connectivity index (χ4n) is 3.15. The molecule has 0 unspecified atom stereocenters. The van der Waals surface area contributed by atoms with Gasteiger partial charge < -0.3 is 20.1 Å². The number of ether oxygens (including phenoxy) is 2. The molecule has 0 heterocycles. The van der Waals surface area contributed by atoms with Crippen LogP contribution in [0.5, 0.6) is 17.2 Å². The van der Waals surface area contributed by atoms with Gasteiger partial charge in [0.1, 0.15) is 17.2 Å². The number of amides is 3. The maximum absolute atomic E-state index is 12.1. The van der Waals surface area contributed by atoms with E-state index in [0.717, 1.165) is 0 Å². The molecule has 0 saturated carbocycles. The summed E-state index contributed by atoms with van der Waals surface area (Å²) in [6, 6.07) is 31.7. The van der Waals surface area contributed by atoms with Gasteiger partial charge >= 0.3 is 11.8 Å². The molecule has 0 spiro atoms. The van der Waals surface area contributed by atoms with E-state index in [1.165, 1.54) is 6.21 Å². The van der Waals surface area contributed by atoms with Crippen LogP contribution in [0.1, 0.15) is 5.56 Å². The van der Waals surface area contributed by atoms with Crippen LogP contribution < -0.4 is 25.5 Å². The lowest BCUT2D eigenvalue weighted by Gasteiger charge is -2.08. The predicted molar refractivity (Wildman–Crippen MR) is 144 cm³/mol. The third-order valence-corrected chi connectivity index (χ3v) is 4.98. The van der Waals surface area contributed by atoms with Crippen molar-refractivity contribution in [3.8, 4) is 17.2 Å². The molecular formula is C29H24N4O5. The van der Waals surface area contributed by atoms with Gasteiger partial charge in [-0.25, -0.2) is 5.43 Å². The topological polar surface area (TPSA) is 118 Å². The largest absolute Gasteiger partial charge is 0.484 e. The van der Waals surface area contributed by atoms with Gasteiger partial charge in [0, 0.05) is 11.4 Å². The smallest absolute Gasteiger partial charge is 0.329 e. The van der Waals surface area contributed by atoms with Gasteiger partial charge in [0.2, 0.25) is 0 Å². The highest BCUT2D eigenvalue weighted by molar-refractivity contribution is 6.39. The first kappa shape index (κ1) is 25.6. The standard InChI is InChI=1S/C29H24N4O5/c34-27(31-22-7-3-1-4-8-22)20-37-24-15-11-21(12-16-24)19-30-33-29(36)28(35)32-23-13-17-26(18-14-23)38-25-9-5-2-6-10-25/h1-19H,20H2,(H,31,34)(H,32,35)(H,33,36)/b30-19-. The molecule has 3 amide bonds. The van der Waals surface area contributed by atoms with Gasteiger partial charge in [-0.3, -0.25) is 14.4 Å². The van der Waals surface area contributed by atoms with Crippen molar-refractivity contribution in [1.82, 2.24) is 5.43 Å². The van der Waals surface area contributed by atoms with Crippen LogP contribution in [0.15, 0.2) is 114 Å². The van der Waals surface area contributed by atoms with E-state index in [0.29, 0.717) is 34.2 Å². The summed E-state index contributed by atoms with van der Waals surface area (Å²) in [6.07, 6.45) is 1.38. The molecule has 0 fully saturated rings. The van der Waals surface area contributed by atoms with Gasteiger partial charge in [0.25, 0.3) is 5.91 Å². The maximum atomic E-state index is 12.1.